The predicted octanol–water partition coefficient (Wildman–Crippen LogP) is 2.76. The van der Waals surface area contributed by atoms with Gasteiger partial charge in [-0.2, -0.15) is 0 Å². The van der Waals surface area contributed by atoms with Gasteiger partial charge in [-0.1, -0.05) is 20.8 Å². The fraction of sp³-hybridized carbons (Fsp3) is 0.714. The molecule has 1 rings (SSSR count). The predicted molar refractivity (Wildman–Crippen MR) is 74.0 cm³/mol. The van der Waals surface area contributed by atoms with Crippen LogP contribution in [0.5, 0.6) is 5.88 Å². The maximum atomic E-state index is 5.61. The molecule has 1 aromatic heterocycles. The third kappa shape index (κ3) is 4.26. The van der Waals surface area contributed by atoms with Crippen molar-refractivity contribution in [2.24, 2.45) is 0 Å². The van der Waals surface area contributed by atoms with Crippen molar-refractivity contribution in [2.45, 2.75) is 59.1 Å². The monoisotopic (exact) mass is 251 g/mol. The zero-order chi connectivity index (χ0) is 13.5. The summed E-state index contributed by atoms with van der Waals surface area (Å²) in [7, 11) is 0. The normalized spacial score (nSPS) is 14.6. The molecule has 102 valence electrons. The molecule has 2 unspecified atom stereocenters. The smallest absolute Gasteiger partial charge is 0.216 e. The Morgan fingerprint density at radius 3 is 2.50 bits per heavy atom. The second kappa shape index (κ2) is 7.31. The number of aromatic nitrogens is 2. The summed E-state index contributed by atoms with van der Waals surface area (Å²) in [5, 5.41) is 3.49. The van der Waals surface area contributed by atoms with Crippen molar-refractivity contribution >= 4 is 0 Å². The topological polar surface area (TPSA) is 47.0 Å². The molecule has 0 amide bonds. The largest absolute Gasteiger partial charge is 0.475 e. The molecular weight excluding hydrogens is 226 g/mol. The van der Waals surface area contributed by atoms with Crippen molar-refractivity contribution in [3.8, 4) is 5.88 Å². The standard InChI is InChI=1S/C14H25N3O/c1-6-12(15-7-2)11(5)13-8-14(17-9-16-13)18-10(3)4/h8-12,15H,6-7H2,1-5H3. The highest BCUT2D eigenvalue weighted by atomic mass is 16.5. The van der Waals surface area contributed by atoms with Crippen LogP contribution in [0.25, 0.3) is 0 Å². The number of hydrogen-bond donors (Lipinski definition) is 1. The van der Waals surface area contributed by atoms with Crippen molar-refractivity contribution in [1.82, 2.24) is 15.3 Å². The van der Waals surface area contributed by atoms with Crippen molar-refractivity contribution in [3.63, 3.8) is 0 Å². The molecule has 2 atom stereocenters. The van der Waals surface area contributed by atoms with Gasteiger partial charge in [0.25, 0.3) is 0 Å². The first-order valence-electron chi connectivity index (χ1n) is 6.80. The van der Waals surface area contributed by atoms with Crippen molar-refractivity contribution < 1.29 is 4.74 Å². The molecule has 0 bridgehead atoms. The molecule has 0 aliphatic heterocycles. The van der Waals surface area contributed by atoms with Gasteiger partial charge in [-0.3, -0.25) is 0 Å². The van der Waals surface area contributed by atoms with Crippen molar-refractivity contribution in [1.29, 1.82) is 0 Å². The van der Waals surface area contributed by atoms with Gasteiger partial charge in [0.1, 0.15) is 6.33 Å². The third-order valence-electron chi connectivity index (χ3n) is 3.00. The summed E-state index contributed by atoms with van der Waals surface area (Å²) < 4.78 is 5.61. The fourth-order valence-electron chi connectivity index (χ4n) is 2.05. The SMILES string of the molecule is CCNC(CC)C(C)c1cc(OC(C)C)ncn1. The van der Waals surface area contributed by atoms with E-state index in [-0.39, 0.29) is 6.10 Å². The zero-order valence-electron chi connectivity index (χ0n) is 12.1. The molecule has 0 aromatic carbocycles. The van der Waals surface area contributed by atoms with E-state index in [0.29, 0.717) is 17.8 Å². The molecule has 1 aromatic rings. The summed E-state index contributed by atoms with van der Waals surface area (Å²) in [5.41, 5.74) is 1.04. The van der Waals surface area contributed by atoms with Crippen LogP contribution in [-0.2, 0) is 0 Å². The van der Waals surface area contributed by atoms with Crippen LogP contribution in [0.3, 0.4) is 0 Å². The molecule has 4 heteroatoms. The van der Waals surface area contributed by atoms with E-state index in [4.69, 9.17) is 4.74 Å². The first kappa shape index (κ1) is 14.9. The van der Waals surface area contributed by atoms with E-state index < -0.39 is 0 Å². The van der Waals surface area contributed by atoms with Gasteiger partial charge in [-0.05, 0) is 26.8 Å². The van der Waals surface area contributed by atoms with Crippen LogP contribution < -0.4 is 10.1 Å². The minimum atomic E-state index is 0.138. The quantitative estimate of drug-likeness (QED) is 0.809. The lowest BCUT2D eigenvalue weighted by molar-refractivity contribution is 0.231. The summed E-state index contributed by atoms with van der Waals surface area (Å²) in [5.74, 6) is 1.01. The second-order valence-electron chi connectivity index (χ2n) is 4.81. The van der Waals surface area contributed by atoms with Gasteiger partial charge in [-0.15, -0.1) is 0 Å². The molecule has 1 heterocycles. The Morgan fingerprint density at radius 1 is 1.22 bits per heavy atom. The van der Waals surface area contributed by atoms with E-state index in [2.05, 4.69) is 36.1 Å². The highest BCUT2D eigenvalue weighted by Gasteiger charge is 2.18. The Kier molecular flexibility index (Phi) is 6.05. The number of rotatable bonds is 7. The molecular formula is C14H25N3O. The maximum absolute atomic E-state index is 5.61. The van der Waals surface area contributed by atoms with E-state index in [0.717, 1.165) is 18.7 Å². The van der Waals surface area contributed by atoms with Gasteiger partial charge in [0.15, 0.2) is 0 Å². The van der Waals surface area contributed by atoms with E-state index in [9.17, 15) is 0 Å². The third-order valence-corrected chi connectivity index (χ3v) is 3.00. The van der Waals surface area contributed by atoms with Crippen LogP contribution in [-0.4, -0.2) is 28.7 Å². The van der Waals surface area contributed by atoms with Gasteiger partial charge in [-0.25, -0.2) is 9.97 Å². The molecule has 4 nitrogen and oxygen atoms in total. The summed E-state index contributed by atoms with van der Waals surface area (Å²) >= 11 is 0. The van der Waals surface area contributed by atoms with E-state index in [1.165, 1.54) is 0 Å². The molecule has 0 fully saturated rings. The summed E-state index contributed by atoms with van der Waals surface area (Å²) in [6.45, 7) is 11.5. The minimum absolute atomic E-state index is 0.138. The number of nitrogens with zero attached hydrogens (tertiary/aromatic N) is 2. The number of nitrogens with one attached hydrogen (secondary N) is 1. The van der Waals surface area contributed by atoms with Gasteiger partial charge >= 0.3 is 0 Å². The van der Waals surface area contributed by atoms with Gasteiger partial charge in [0.05, 0.1) is 11.8 Å². The van der Waals surface area contributed by atoms with Gasteiger partial charge in [0, 0.05) is 18.0 Å². The van der Waals surface area contributed by atoms with Gasteiger partial charge in [0.2, 0.25) is 5.88 Å². The number of hydrogen-bond acceptors (Lipinski definition) is 4. The van der Waals surface area contributed by atoms with E-state index in [1.54, 1.807) is 6.33 Å². The Hall–Kier alpha value is -1.16. The minimum Gasteiger partial charge on any atom is -0.475 e. The summed E-state index contributed by atoms with van der Waals surface area (Å²) in [6.07, 6.45) is 2.81. The van der Waals surface area contributed by atoms with Crippen molar-refractivity contribution in [3.05, 3.63) is 18.1 Å². The molecule has 0 aliphatic rings. The van der Waals surface area contributed by atoms with E-state index in [1.807, 2.05) is 19.9 Å². The average molecular weight is 251 g/mol. The van der Waals surface area contributed by atoms with Crippen molar-refractivity contribution in [2.75, 3.05) is 6.54 Å². The molecule has 0 radical (unpaired) electrons. The van der Waals surface area contributed by atoms with Crippen LogP contribution in [0.4, 0.5) is 0 Å². The van der Waals surface area contributed by atoms with Gasteiger partial charge < -0.3 is 10.1 Å². The summed E-state index contributed by atoms with van der Waals surface area (Å²) in [6, 6.07) is 2.39. The maximum Gasteiger partial charge on any atom is 0.216 e. The van der Waals surface area contributed by atoms with Crippen LogP contribution in [0, 0.1) is 0 Å². The molecule has 0 saturated heterocycles. The molecule has 18 heavy (non-hydrogen) atoms. The Labute approximate surface area is 110 Å². The highest BCUT2D eigenvalue weighted by Crippen LogP contribution is 2.21. The van der Waals surface area contributed by atoms with Crippen LogP contribution >= 0.6 is 0 Å². The van der Waals surface area contributed by atoms with Crippen LogP contribution in [0.15, 0.2) is 12.4 Å². The van der Waals surface area contributed by atoms with Crippen LogP contribution in [0.1, 0.15) is 52.7 Å². The summed E-state index contributed by atoms with van der Waals surface area (Å²) in [4.78, 5) is 8.51. The van der Waals surface area contributed by atoms with E-state index >= 15 is 0 Å². The lowest BCUT2D eigenvalue weighted by atomic mass is 9.96. The lowest BCUT2D eigenvalue weighted by Gasteiger charge is -2.23. The number of likely N-dealkylation sites (N-methyl/N-ethyl adjacent to an activating group) is 1. The van der Waals surface area contributed by atoms with Crippen LogP contribution in [0.2, 0.25) is 0 Å². The zero-order valence-corrected chi connectivity index (χ0v) is 12.1. The Bertz CT molecular complexity index is 355. The highest BCUT2D eigenvalue weighted by molar-refractivity contribution is 5.18. The second-order valence-corrected chi connectivity index (χ2v) is 4.81. The Morgan fingerprint density at radius 2 is 1.94 bits per heavy atom. The molecule has 1 N–H and O–H groups in total. The number of ether oxygens (including phenoxy) is 1. The Balaban J connectivity index is 2.81. The fourth-order valence-corrected chi connectivity index (χ4v) is 2.05. The average Bonchev–Trinajstić information content (AvgIpc) is 2.34. The molecule has 0 saturated carbocycles. The lowest BCUT2D eigenvalue weighted by Crippen LogP contribution is -2.33. The first-order valence-corrected chi connectivity index (χ1v) is 6.80. The molecule has 0 aliphatic carbocycles. The first-order chi connectivity index (χ1) is 8.58. The molecule has 0 spiro atoms.